The first kappa shape index (κ1) is 16.9. The van der Waals surface area contributed by atoms with Gasteiger partial charge < -0.3 is 10.1 Å². The van der Waals surface area contributed by atoms with E-state index in [0.717, 1.165) is 36.6 Å². The van der Waals surface area contributed by atoms with E-state index in [-0.39, 0.29) is 6.04 Å². The van der Waals surface area contributed by atoms with Crippen LogP contribution in [0.3, 0.4) is 0 Å². The fraction of sp³-hybridized carbons (Fsp3) is 0.400. The van der Waals surface area contributed by atoms with Gasteiger partial charge >= 0.3 is 0 Å². The van der Waals surface area contributed by atoms with Crippen molar-refractivity contribution in [3.63, 3.8) is 0 Å². The minimum Gasteiger partial charge on any atom is -0.496 e. The normalized spacial score (nSPS) is 12.5. The third kappa shape index (κ3) is 3.67. The molecule has 0 aromatic carbocycles. The number of ether oxygens (including phenoxy) is 1. The first-order valence-corrected chi connectivity index (χ1v) is 8.99. The fourth-order valence-corrected chi connectivity index (χ4v) is 5.40. The summed E-state index contributed by atoms with van der Waals surface area (Å²) in [6, 6.07) is 2.36. The summed E-state index contributed by atoms with van der Waals surface area (Å²) >= 11 is 8.86. The van der Waals surface area contributed by atoms with Crippen molar-refractivity contribution in [1.29, 1.82) is 0 Å². The van der Waals surface area contributed by atoms with Crippen molar-refractivity contribution in [2.45, 2.75) is 26.3 Å². The molecule has 1 atom stereocenters. The Hall–Kier alpha value is -0.430. The Morgan fingerprint density at radius 3 is 2.62 bits per heavy atom. The summed E-state index contributed by atoms with van der Waals surface area (Å²) in [5.41, 5.74) is 4.49. The van der Waals surface area contributed by atoms with E-state index >= 15 is 0 Å². The third-order valence-electron chi connectivity index (χ3n) is 3.55. The molecule has 3 nitrogen and oxygen atoms in total. The maximum Gasteiger partial charge on any atom is 0.128 e. The second kappa shape index (κ2) is 7.22. The Labute approximate surface area is 146 Å². The molecule has 21 heavy (non-hydrogen) atoms. The van der Waals surface area contributed by atoms with E-state index in [1.54, 1.807) is 18.4 Å². The molecule has 0 spiro atoms. The molecule has 0 aliphatic rings. The van der Waals surface area contributed by atoms with Crippen LogP contribution in [0.5, 0.6) is 5.75 Å². The highest BCUT2D eigenvalue weighted by Gasteiger charge is 2.19. The van der Waals surface area contributed by atoms with Crippen LogP contribution in [-0.4, -0.2) is 19.1 Å². The van der Waals surface area contributed by atoms with Crippen LogP contribution < -0.4 is 10.1 Å². The maximum atomic E-state index is 5.49. The van der Waals surface area contributed by atoms with Crippen molar-refractivity contribution in [1.82, 2.24) is 10.3 Å². The number of methoxy groups -OCH3 is 1. The molecule has 0 fully saturated rings. The molecule has 0 aliphatic carbocycles. The van der Waals surface area contributed by atoms with Crippen LogP contribution in [0, 0.1) is 13.8 Å². The monoisotopic (exact) mass is 432 g/mol. The smallest absolute Gasteiger partial charge is 0.128 e. The topological polar surface area (TPSA) is 34.2 Å². The lowest BCUT2D eigenvalue weighted by Gasteiger charge is -2.18. The molecule has 2 aromatic heterocycles. The largest absolute Gasteiger partial charge is 0.496 e. The minimum atomic E-state index is 0.209. The average Bonchev–Trinajstić information content (AvgIpc) is 2.77. The van der Waals surface area contributed by atoms with Crippen LogP contribution in [0.4, 0.5) is 0 Å². The predicted molar refractivity (Wildman–Crippen MR) is 95.5 cm³/mol. The Bertz CT molecular complexity index is 643. The molecule has 0 amide bonds. The molecule has 6 heteroatoms. The number of nitrogens with zero attached hydrogens (tertiary/aromatic N) is 1. The summed E-state index contributed by atoms with van der Waals surface area (Å²) in [5, 5.41) is 3.38. The lowest BCUT2D eigenvalue weighted by Crippen LogP contribution is -2.20. The first-order valence-electron chi connectivity index (χ1n) is 6.59. The third-order valence-corrected chi connectivity index (χ3v) is 5.94. The molecule has 0 saturated heterocycles. The van der Waals surface area contributed by atoms with Crippen molar-refractivity contribution in [3.8, 4) is 5.75 Å². The molecule has 0 aliphatic heterocycles. The number of hydrogen-bond acceptors (Lipinski definition) is 4. The highest BCUT2D eigenvalue weighted by Crippen LogP contribution is 2.37. The lowest BCUT2D eigenvalue weighted by atomic mass is 10.0. The number of likely N-dealkylation sites (N-methyl/N-ethyl adjacent to an activating group) is 1. The molecule has 1 unspecified atom stereocenters. The second-order valence-corrected chi connectivity index (χ2v) is 8.62. The van der Waals surface area contributed by atoms with Crippen LogP contribution in [0.15, 0.2) is 19.8 Å². The second-order valence-electron chi connectivity index (χ2n) is 4.87. The van der Waals surface area contributed by atoms with E-state index in [1.165, 1.54) is 5.56 Å². The molecular weight excluding hydrogens is 416 g/mol. The predicted octanol–water partition coefficient (Wildman–Crippen LogP) is 4.80. The zero-order chi connectivity index (χ0) is 15.6. The van der Waals surface area contributed by atoms with Gasteiger partial charge in [0.05, 0.1) is 14.7 Å². The molecule has 1 N–H and O–H groups in total. The van der Waals surface area contributed by atoms with E-state index in [9.17, 15) is 0 Å². The molecule has 2 aromatic rings. The Morgan fingerprint density at radius 1 is 1.38 bits per heavy atom. The number of nitrogens with one attached hydrogen (secondary N) is 1. The van der Waals surface area contributed by atoms with Gasteiger partial charge in [-0.15, -0.1) is 11.3 Å². The molecule has 2 rings (SSSR count). The summed E-state index contributed by atoms with van der Waals surface area (Å²) in [5.74, 6) is 0.931. The highest BCUT2D eigenvalue weighted by molar-refractivity contribution is 9.12. The minimum absolute atomic E-state index is 0.209. The van der Waals surface area contributed by atoms with Crippen LogP contribution in [0.2, 0.25) is 0 Å². The van der Waals surface area contributed by atoms with Crippen LogP contribution in [-0.2, 0) is 6.42 Å². The quantitative estimate of drug-likeness (QED) is 0.735. The molecular formula is C15H18Br2N2OS. The van der Waals surface area contributed by atoms with Gasteiger partial charge in [-0.05, 0) is 64.4 Å². The van der Waals surface area contributed by atoms with Gasteiger partial charge in [0.15, 0.2) is 0 Å². The zero-order valence-electron chi connectivity index (χ0n) is 12.5. The van der Waals surface area contributed by atoms with Gasteiger partial charge in [-0.25, -0.2) is 0 Å². The summed E-state index contributed by atoms with van der Waals surface area (Å²) in [4.78, 5) is 4.59. The number of aromatic nitrogens is 1. The van der Waals surface area contributed by atoms with Gasteiger partial charge in [0.2, 0.25) is 0 Å². The summed E-state index contributed by atoms with van der Waals surface area (Å²) < 4.78 is 7.76. The van der Waals surface area contributed by atoms with Crippen molar-refractivity contribution < 1.29 is 4.74 Å². The number of pyridine rings is 1. The van der Waals surface area contributed by atoms with Crippen molar-refractivity contribution >= 4 is 43.2 Å². The summed E-state index contributed by atoms with van der Waals surface area (Å²) in [7, 11) is 3.69. The number of halogens is 2. The van der Waals surface area contributed by atoms with E-state index < -0.39 is 0 Å². The van der Waals surface area contributed by atoms with Gasteiger partial charge in [-0.2, -0.15) is 0 Å². The SMILES string of the molecule is CNC(Cc1ncc(C)c(OC)c1C)c1cc(Br)sc1Br. The summed E-state index contributed by atoms with van der Waals surface area (Å²) in [6.45, 7) is 4.09. The fourth-order valence-electron chi connectivity index (χ4n) is 2.43. The molecule has 0 radical (unpaired) electrons. The average molecular weight is 434 g/mol. The maximum absolute atomic E-state index is 5.49. The molecule has 0 saturated carbocycles. The molecule has 114 valence electrons. The molecule has 0 bridgehead atoms. The van der Waals surface area contributed by atoms with Gasteiger partial charge in [0.25, 0.3) is 0 Å². The Morgan fingerprint density at radius 2 is 2.10 bits per heavy atom. The lowest BCUT2D eigenvalue weighted by molar-refractivity contribution is 0.406. The number of aryl methyl sites for hydroxylation is 1. The van der Waals surface area contributed by atoms with Crippen LogP contribution >= 0.6 is 43.2 Å². The van der Waals surface area contributed by atoms with Crippen molar-refractivity contribution in [3.05, 3.63) is 42.2 Å². The highest BCUT2D eigenvalue weighted by atomic mass is 79.9. The van der Waals surface area contributed by atoms with Gasteiger partial charge in [-0.1, -0.05) is 0 Å². The Balaban J connectivity index is 2.33. The van der Waals surface area contributed by atoms with Crippen LogP contribution in [0.1, 0.15) is 28.4 Å². The van der Waals surface area contributed by atoms with E-state index in [2.05, 4.69) is 55.2 Å². The standard InChI is InChI=1S/C15H18Br2N2OS/c1-8-7-19-11(9(2)14(8)20-4)6-12(18-3)10-5-13(16)21-15(10)17/h5,7,12,18H,6H2,1-4H3. The number of hydrogen-bond donors (Lipinski definition) is 1. The van der Waals surface area contributed by atoms with Crippen molar-refractivity contribution in [2.24, 2.45) is 0 Å². The zero-order valence-corrected chi connectivity index (χ0v) is 16.4. The van der Waals surface area contributed by atoms with Crippen LogP contribution in [0.25, 0.3) is 0 Å². The Kier molecular flexibility index (Phi) is 5.82. The van der Waals surface area contributed by atoms with Crippen molar-refractivity contribution in [2.75, 3.05) is 14.2 Å². The number of thiophene rings is 1. The van der Waals surface area contributed by atoms with E-state index in [4.69, 9.17) is 4.74 Å². The van der Waals surface area contributed by atoms with Gasteiger partial charge in [0.1, 0.15) is 5.75 Å². The molecule has 2 heterocycles. The number of rotatable bonds is 5. The first-order chi connectivity index (χ1) is 9.97. The van der Waals surface area contributed by atoms with Gasteiger partial charge in [-0.3, -0.25) is 4.98 Å². The van der Waals surface area contributed by atoms with E-state index in [1.807, 2.05) is 20.2 Å². The van der Waals surface area contributed by atoms with Gasteiger partial charge in [0, 0.05) is 35.5 Å². The van der Waals surface area contributed by atoms with E-state index in [0.29, 0.717) is 0 Å². The summed E-state index contributed by atoms with van der Waals surface area (Å²) in [6.07, 6.45) is 2.70.